The van der Waals surface area contributed by atoms with E-state index in [0.29, 0.717) is 21.7 Å². The number of aromatic nitrogens is 1. The summed E-state index contributed by atoms with van der Waals surface area (Å²) in [6.45, 7) is 0. The topological polar surface area (TPSA) is 36.7 Å². The maximum Gasteiger partial charge on any atom is 0.123 e. The van der Waals surface area contributed by atoms with E-state index in [4.69, 9.17) is 16.9 Å². The van der Waals surface area contributed by atoms with Gasteiger partial charge in [0, 0.05) is 18.0 Å². The predicted octanol–water partition coefficient (Wildman–Crippen LogP) is 3.61. The van der Waals surface area contributed by atoms with E-state index in [9.17, 15) is 4.39 Å². The highest BCUT2D eigenvalue weighted by Gasteiger charge is 2.09. The van der Waals surface area contributed by atoms with E-state index in [0.717, 1.165) is 0 Å². The van der Waals surface area contributed by atoms with Gasteiger partial charge >= 0.3 is 0 Å². The van der Waals surface area contributed by atoms with Crippen LogP contribution in [-0.4, -0.2) is 4.98 Å². The van der Waals surface area contributed by atoms with Crippen LogP contribution in [0.4, 0.5) is 4.39 Å². The van der Waals surface area contributed by atoms with Crippen LogP contribution < -0.4 is 0 Å². The van der Waals surface area contributed by atoms with Crippen molar-refractivity contribution < 1.29 is 4.39 Å². The van der Waals surface area contributed by atoms with Gasteiger partial charge in [-0.15, -0.1) is 0 Å². The third kappa shape index (κ3) is 2.43. The van der Waals surface area contributed by atoms with Gasteiger partial charge in [-0.1, -0.05) is 23.7 Å². The fraction of sp³-hybridized carbons (Fsp3) is 0.0769. The van der Waals surface area contributed by atoms with Crippen LogP contribution in [0, 0.1) is 17.1 Å². The van der Waals surface area contributed by atoms with Crippen molar-refractivity contribution in [1.82, 2.24) is 4.98 Å². The SMILES string of the molecule is N#CCc1c(Cl)cncc1-c1cccc(F)c1. The second-order valence-corrected chi connectivity index (χ2v) is 3.90. The average Bonchev–Trinajstić information content (AvgIpc) is 2.32. The van der Waals surface area contributed by atoms with Crippen molar-refractivity contribution >= 4 is 11.6 Å². The maximum absolute atomic E-state index is 13.2. The molecule has 0 unspecified atom stereocenters. The van der Waals surface area contributed by atoms with Gasteiger partial charge in [-0.2, -0.15) is 5.26 Å². The van der Waals surface area contributed by atoms with E-state index in [1.807, 2.05) is 6.07 Å². The van der Waals surface area contributed by atoms with Crippen molar-refractivity contribution in [2.45, 2.75) is 6.42 Å². The Kier molecular flexibility index (Phi) is 3.36. The molecule has 0 atom stereocenters. The highest BCUT2D eigenvalue weighted by Crippen LogP contribution is 2.28. The standard InChI is InChI=1S/C13H8ClFN2/c14-13-8-17-7-12(11(13)4-5-16)9-2-1-3-10(15)6-9/h1-3,6-8H,4H2. The highest BCUT2D eigenvalue weighted by atomic mass is 35.5. The van der Waals surface area contributed by atoms with E-state index in [1.54, 1.807) is 18.3 Å². The van der Waals surface area contributed by atoms with Crippen molar-refractivity contribution in [1.29, 1.82) is 5.26 Å². The summed E-state index contributed by atoms with van der Waals surface area (Å²) in [4.78, 5) is 3.97. The van der Waals surface area contributed by atoms with Crippen LogP contribution in [0.2, 0.25) is 5.02 Å². The van der Waals surface area contributed by atoms with Gasteiger partial charge < -0.3 is 0 Å². The van der Waals surface area contributed by atoms with Gasteiger partial charge in [0.25, 0.3) is 0 Å². The van der Waals surface area contributed by atoms with Crippen LogP contribution in [0.15, 0.2) is 36.7 Å². The lowest BCUT2D eigenvalue weighted by Gasteiger charge is -2.08. The first-order valence-corrected chi connectivity index (χ1v) is 5.35. The Morgan fingerprint density at radius 3 is 2.88 bits per heavy atom. The Morgan fingerprint density at radius 1 is 1.35 bits per heavy atom. The molecule has 1 aromatic carbocycles. The molecule has 4 heteroatoms. The van der Waals surface area contributed by atoms with E-state index < -0.39 is 0 Å². The molecule has 0 saturated carbocycles. The number of hydrogen-bond acceptors (Lipinski definition) is 2. The van der Waals surface area contributed by atoms with Gasteiger partial charge in [0.1, 0.15) is 5.82 Å². The monoisotopic (exact) mass is 246 g/mol. The second kappa shape index (κ2) is 4.94. The minimum absolute atomic E-state index is 0.174. The van der Waals surface area contributed by atoms with Gasteiger partial charge in [0.2, 0.25) is 0 Å². The Balaban J connectivity index is 2.59. The fourth-order valence-corrected chi connectivity index (χ4v) is 1.85. The lowest BCUT2D eigenvalue weighted by atomic mass is 10.0. The molecule has 17 heavy (non-hydrogen) atoms. The van der Waals surface area contributed by atoms with Crippen LogP contribution in [0.3, 0.4) is 0 Å². The number of benzene rings is 1. The minimum atomic E-state index is -0.328. The molecule has 0 aliphatic carbocycles. The van der Waals surface area contributed by atoms with Crippen molar-refractivity contribution in [3.8, 4) is 17.2 Å². The first-order chi connectivity index (χ1) is 8.22. The summed E-state index contributed by atoms with van der Waals surface area (Å²) >= 11 is 5.99. The lowest BCUT2D eigenvalue weighted by Crippen LogP contribution is -1.92. The number of nitriles is 1. The molecule has 0 bridgehead atoms. The Morgan fingerprint density at radius 2 is 2.18 bits per heavy atom. The smallest absolute Gasteiger partial charge is 0.123 e. The summed E-state index contributed by atoms with van der Waals surface area (Å²) in [6, 6.07) is 8.18. The van der Waals surface area contributed by atoms with Gasteiger partial charge in [0.05, 0.1) is 17.5 Å². The molecule has 2 nitrogen and oxygen atoms in total. The zero-order chi connectivity index (χ0) is 12.3. The molecule has 2 rings (SSSR count). The molecule has 0 aliphatic rings. The molecule has 1 heterocycles. The molecule has 2 aromatic rings. The Labute approximate surface area is 103 Å². The lowest BCUT2D eigenvalue weighted by molar-refractivity contribution is 0.628. The summed E-state index contributed by atoms with van der Waals surface area (Å²) in [5.74, 6) is -0.328. The number of hydrogen-bond donors (Lipinski definition) is 0. The summed E-state index contributed by atoms with van der Waals surface area (Å²) in [6.07, 6.45) is 3.25. The molecule has 1 aromatic heterocycles. The molecule has 0 radical (unpaired) electrons. The van der Waals surface area contributed by atoms with E-state index in [-0.39, 0.29) is 12.2 Å². The van der Waals surface area contributed by atoms with Crippen molar-refractivity contribution in [2.24, 2.45) is 0 Å². The molecule has 0 saturated heterocycles. The Hall–Kier alpha value is -1.92. The van der Waals surface area contributed by atoms with E-state index in [2.05, 4.69) is 4.98 Å². The molecule has 0 spiro atoms. The van der Waals surface area contributed by atoms with Gasteiger partial charge in [-0.3, -0.25) is 4.98 Å². The van der Waals surface area contributed by atoms with E-state index in [1.165, 1.54) is 18.3 Å². The number of pyridine rings is 1. The minimum Gasteiger partial charge on any atom is -0.263 e. The summed E-state index contributed by atoms with van der Waals surface area (Å²) < 4.78 is 13.2. The van der Waals surface area contributed by atoms with Crippen LogP contribution in [0.1, 0.15) is 5.56 Å². The second-order valence-electron chi connectivity index (χ2n) is 3.49. The van der Waals surface area contributed by atoms with E-state index >= 15 is 0 Å². The predicted molar refractivity (Wildman–Crippen MR) is 64.0 cm³/mol. The fourth-order valence-electron chi connectivity index (χ4n) is 1.63. The van der Waals surface area contributed by atoms with Crippen molar-refractivity contribution in [3.63, 3.8) is 0 Å². The normalized spacial score (nSPS) is 9.94. The summed E-state index contributed by atoms with van der Waals surface area (Å²) in [5, 5.41) is 9.19. The summed E-state index contributed by atoms with van der Waals surface area (Å²) in [7, 11) is 0. The molecular formula is C13H8ClFN2. The van der Waals surface area contributed by atoms with Crippen LogP contribution in [0.5, 0.6) is 0 Å². The molecule has 0 amide bonds. The highest BCUT2D eigenvalue weighted by molar-refractivity contribution is 6.31. The van der Waals surface area contributed by atoms with Crippen LogP contribution in [-0.2, 0) is 6.42 Å². The van der Waals surface area contributed by atoms with Crippen molar-refractivity contribution in [3.05, 3.63) is 53.1 Å². The number of halogens is 2. The van der Waals surface area contributed by atoms with Gasteiger partial charge in [0.15, 0.2) is 0 Å². The summed E-state index contributed by atoms with van der Waals surface area (Å²) in [5.41, 5.74) is 2.04. The Bertz CT molecular complexity index is 590. The first-order valence-electron chi connectivity index (χ1n) is 4.97. The quantitative estimate of drug-likeness (QED) is 0.812. The number of nitrogens with zero attached hydrogens (tertiary/aromatic N) is 2. The number of rotatable bonds is 2. The van der Waals surface area contributed by atoms with Crippen LogP contribution >= 0.6 is 11.6 Å². The van der Waals surface area contributed by atoms with Crippen molar-refractivity contribution in [2.75, 3.05) is 0 Å². The van der Waals surface area contributed by atoms with Gasteiger partial charge in [-0.05, 0) is 23.3 Å². The van der Waals surface area contributed by atoms with Crippen LogP contribution in [0.25, 0.3) is 11.1 Å². The zero-order valence-corrected chi connectivity index (χ0v) is 9.58. The average molecular weight is 247 g/mol. The third-order valence-electron chi connectivity index (χ3n) is 2.40. The molecule has 0 fully saturated rings. The van der Waals surface area contributed by atoms with Gasteiger partial charge in [-0.25, -0.2) is 4.39 Å². The third-order valence-corrected chi connectivity index (χ3v) is 2.72. The molecule has 0 aliphatic heterocycles. The maximum atomic E-state index is 13.2. The molecule has 84 valence electrons. The molecular weight excluding hydrogens is 239 g/mol. The first kappa shape index (κ1) is 11.6. The zero-order valence-electron chi connectivity index (χ0n) is 8.82. The largest absolute Gasteiger partial charge is 0.263 e. The molecule has 0 N–H and O–H groups in total.